The van der Waals surface area contributed by atoms with E-state index in [0.29, 0.717) is 5.92 Å². The van der Waals surface area contributed by atoms with Gasteiger partial charge < -0.3 is 0 Å². The molecule has 0 aromatic rings. The average molecular weight is 222 g/mol. The van der Waals surface area contributed by atoms with Crippen LogP contribution in [0.15, 0.2) is 12.7 Å². The smallest absolute Gasteiger partial charge is 0.0265 e. The summed E-state index contributed by atoms with van der Waals surface area (Å²) >= 11 is 0. The molecule has 4 unspecified atom stereocenters. The molecule has 1 fully saturated rings. The second-order valence-electron chi connectivity index (χ2n) is 6.15. The van der Waals surface area contributed by atoms with Crippen molar-refractivity contribution in [1.29, 1.82) is 0 Å². The maximum atomic E-state index is 3.84. The van der Waals surface area contributed by atoms with Crippen LogP contribution >= 0.6 is 0 Å². The Morgan fingerprint density at radius 3 is 2.38 bits per heavy atom. The lowest BCUT2D eigenvalue weighted by Crippen LogP contribution is -1.97. The van der Waals surface area contributed by atoms with E-state index in [2.05, 4.69) is 33.4 Å². The molecule has 0 N–H and O–H groups in total. The van der Waals surface area contributed by atoms with Gasteiger partial charge in [-0.2, -0.15) is 0 Å². The highest BCUT2D eigenvalue weighted by Crippen LogP contribution is 2.42. The number of hydrogen-bond donors (Lipinski definition) is 0. The lowest BCUT2D eigenvalue weighted by atomic mass is 9.95. The second kappa shape index (κ2) is 7.14. The first-order valence-electron chi connectivity index (χ1n) is 7.26. The Bertz CT molecular complexity index is 194. The van der Waals surface area contributed by atoms with Gasteiger partial charge in [-0.15, -0.1) is 6.58 Å². The van der Waals surface area contributed by atoms with Gasteiger partial charge in [0.15, 0.2) is 0 Å². The maximum absolute atomic E-state index is 3.84. The number of rotatable bonds is 9. The topological polar surface area (TPSA) is 0 Å². The van der Waals surface area contributed by atoms with E-state index < -0.39 is 0 Å². The number of allylic oxidation sites excluding steroid dienone is 1. The summed E-state index contributed by atoms with van der Waals surface area (Å²) in [6, 6.07) is 0. The van der Waals surface area contributed by atoms with Crippen LogP contribution in [0.5, 0.6) is 0 Å². The molecule has 1 saturated carbocycles. The fraction of sp³-hybridized carbons (Fsp3) is 0.875. The fourth-order valence-electron chi connectivity index (χ4n) is 2.52. The van der Waals surface area contributed by atoms with Crippen LogP contribution in [0.2, 0.25) is 0 Å². The predicted molar refractivity (Wildman–Crippen MR) is 73.5 cm³/mol. The van der Waals surface area contributed by atoms with E-state index in [9.17, 15) is 0 Å². The largest absolute Gasteiger partial charge is 0.103 e. The Balaban J connectivity index is 1.89. The summed E-state index contributed by atoms with van der Waals surface area (Å²) in [5.74, 6) is 3.79. The van der Waals surface area contributed by atoms with Crippen molar-refractivity contribution in [3.05, 3.63) is 12.7 Å². The highest BCUT2D eigenvalue weighted by molar-refractivity contribution is 4.82. The van der Waals surface area contributed by atoms with Gasteiger partial charge in [-0.05, 0) is 42.9 Å². The van der Waals surface area contributed by atoms with Gasteiger partial charge in [-0.1, -0.05) is 52.5 Å². The molecular formula is C16H30. The Morgan fingerprint density at radius 1 is 1.19 bits per heavy atom. The Morgan fingerprint density at radius 2 is 1.81 bits per heavy atom. The van der Waals surface area contributed by atoms with Crippen molar-refractivity contribution in [1.82, 2.24) is 0 Å². The maximum Gasteiger partial charge on any atom is -0.0265 e. The fourth-order valence-corrected chi connectivity index (χ4v) is 2.52. The van der Waals surface area contributed by atoms with E-state index in [1.54, 1.807) is 0 Å². The molecule has 0 aliphatic heterocycles. The van der Waals surface area contributed by atoms with Crippen molar-refractivity contribution >= 4 is 0 Å². The van der Waals surface area contributed by atoms with Crippen LogP contribution in [0.4, 0.5) is 0 Å². The molecule has 0 amide bonds. The summed E-state index contributed by atoms with van der Waals surface area (Å²) in [7, 11) is 0. The van der Waals surface area contributed by atoms with E-state index in [1.165, 1.54) is 44.9 Å². The molecule has 0 aromatic carbocycles. The minimum absolute atomic E-state index is 0.711. The normalized spacial score (nSPS) is 27.4. The third-order valence-corrected chi connectivity index (χ3v) is 4.32. The minimum Gasteiger partial charge on any atom is -0.103 e. The lowest BCUT2D eigenvalue weighted by molar-refractivity contribution is 0.424. The zero-order chi connectivity index (χ0) is 12.0. The zero-order valence-electron chi connectivity index (χ0n) is 11.5. The van der Waals surface area contributed by atoms with Gasteiger partial charge in [0.05, 0.1) is 0 Å². The lowest BCUT2D eigenvalue weighted by Gasteiger charge is -2.11. The van der Waals surface area contributed by atoms with E-state index in [4.69, 9.17) is 0 Å². The van der Waals surface area contributed by atoms with Crippen molar-refractivity contribution in [3.63, 3.8) is 0 Å². The SMILES string of the molecule is C=CC(C)CCCCC(C)CCC1CC1C. The molecule has 0 heterocycles. The molecule has 4 atom stereocenters. The van der Waals surface area contributed by atoms with E-state index >= 15 is 0 Å². The van der Waals surface area contributed by atoms with Crippen LogP contribution in [0.25, 0.3) is 0 Å². The number of unbranched alkanes of at least 4 members (excludes halogenated alkanes) is 1. The van der Waals surface area contributed by atoms with Gasteiger partial charge in [0.2, 0.25) is 0 Å². The van der Waals surface area contributed by atoms with Crippen LogP contribution < -0.4 is 0 Å². The summed E-state index contributed by atoms with van der Waals surface area (Å²) in [5.41, 5.74) is 0. The second-order valence-corrected chi connectivity index (χ2v) is 6.15. The Hall–Kier alpha value is -0.260. The summed E-state index contributed by atoms with van der Waals surface area (Å²) in [6.45, 7) is 10.9. The third-order valence-electron chi connectivity index (χ3n) is 4.32. The zero-order valence-corrected chi connectivity index (χ0v) is 11.5. The summed E-state index contributed by atoms with van der Waals surface area (Å²) in [5, 5.41) is 0. The molecule has 0 nitrogen and oxygen atoms in total. The minimum atomic E-state index is 0.711. The molecule has 0 spiro atoms. The van der Waals surface area contributed by atoms with Crippen molar-refractivity contribution in [2.75, 3.05) is 0 Å². The van der Waals surface area contributed by atoms with Crippen molar-refractivity contribution in [2.24, 2.45) is 23.7 Å². The molecular weight excluding hydrogens is 192 g/mol. The highest BCUT2D eigenvalue weighted by Gasteiger charge is 2.31. The molecule has 0 heteroatoms. The van der Waals surface area contributed by atoms with Crippen molar-refractivity contribution in [2.45, 2.75) is 65.7 Å². The Kier molecular flexibility index (Phi) is 6.16. The first-order valence-corrected chi connectivity index (χ1v) is 7.26. The van der Waals surface area contributed by atoms with Crippen LogP contribution in [0, 0.1) is 23.7 Å². The molecule has 0 bridgehead atoms. The molecule has 0 radical (unpaired) electrons. The van der Waals surface area contributed by atoms with Crippen molar-refractivity contribution in [3.8, 4) is 0 Å². The summed E-state index contributed by atoms with van der Waals surface area (Å²) in [4.78, 5) is 0. The standard InChI is InChI=1S/C16H30/c1-5-13(2)8-6-7-9-14(3)10-11-16-12-15(16)4/h5,13-16H,1,6-12H2,2-4H3. The number of hydrogen-bond acceptors (Lipinski definition) is 0. The van der Waals surface area contributed by atoms with E-state index in [0.717, 1.165) is 17.8 Å². The van der Waals surface area contributed by atoms with Gasteiger partial charge in [0.1, 0.15) is 0 Å². The monoisotopic (exact) mass is 222 g/mol. The molecule has 0 aromatic heterocycles. The quantitative estimate of drug-likeness (QED) is 0.360. The molecule has 0 saturated heterocycles. The molecule has 1 aliphatic carbocycles. The molecule has 94 valence electrons. The van der Waals surface area contributed by atoms with Gasteiger partial charge in [0, 0.05) is 0 Å². The van der Waals surface area contributed by atoms with Crippen LogP contribution in [0.3, 0.4) is 0 Å². The first-order chi connectivity index (χ1) is 7.63. The van der Waals surface area contributed by atoms with Gasteiger partial charge in [-0.3, -0.25) is 0 Å². The Labute approximate surface area is 103 Å². The van der Waals surface area contributed by atoms with Gasteiger partial charge >= 0.3 is 0 Å². The van der Waals surface area contributed by atoms with Crippen LogP contribution in [-0.4, -0.2) is 0 Å². The first kappa shape index (κ1) is 13.8. The predicted octanol–water partition coefficient (Wildman–Crippen LogP) is 5.44. The third kappa shape index (κ3) is 5.72. The van der Waals surface area contributed by atoms with E-state index in [-0.39, 0.29) is 0 Å². The van der Waals surface area contributed by atoms with Crippen LogP contribution in [-0.2, 0) is 0 Å². The van der Waals surface area contributed by atoms with Crippen LogP contribution in [0.1, 0.15) is 65.7 Å². The average Bonchev–Trinajstić information content (AvgIpc) is 2.97. The van der Waals surface area contributed by atoms with Gasteiger partial charge in [-0.25, -0.2) is 0 Å². The molecule has 16 heavy (non-hydrogen) atoms. The van der Waals surface area contributed by atoms with Gasteiger partial charge in [0.25, 0.3) is 0 Å². The summed E-state index contributed by atoms with van der Waals surface area (Å²) < 4.78 is 0. The molecule has 1 aliphatic rings. The summed E-state index contributed by atoms with van der Waals surface area (Å²) in [6.07, 6.45) is 12.1. The van der Waals surface area contributed by atoms with E-state index in [1.807, 2.05) is 0 Å². The highest BCUT2D eigenvalue weighted by atomic mass is 14.4. The van der Waals surface area contributed by atoms with Crippen molar-refractivity contribution < 1.29 is 0 Å². The molecule has 1 rings (SSSR count).